The summed E-state index contributed by atoms with van der Waals surface area (Å²) in [6.45, 7) is 0.704. The Hall–Kier alpha value is -3.41. The molecule has 12 heteroatoms. The fourth-order valence-electron chi connectivity index (χ4n) is 2.75. The van der Waals surface area contributed by atoms with E-state index in [2.05, 4.69) is 26.0 Å². The van der Waals surface area contributed by atoms with E-state index in [0.717, 1.165) is 6.92 Å². The Morgan fingerprint density at radius 3 is 2.58 bits per heavy atom. The zero-order valence-corrected chi connectivity index (χ0v) is 17.0. The van der Waals surface area contributed by atoms with E-state index in [1.807, 2.05) is 0 Å². The van der Waals surface area contributed by atoms with Crippen LogP contribution in [0.4, 0.5) is 4.39 Å². The first kappa shape index (κ1) is 22.3. The normalized spacial score (nSPS) is 13.1. The second kappa shape index (κ2) is 9.16. The van der Waals surface area contributed by atoms with Crippen LogP contribution in [0, 0.1) is 5.82 Å². The fraction of sp³-hybridized carbons (Fsp3) is 0.211. The number of aliphatic hydroxyl groups is 1. The van der Waals surface area contributed by atoms with E-state index in [4.69, 9.17) is 11.6 Å². The molecule has 0 spiro atoms. The van der Waals surface area contributed by atoms with Crippen molar-refractivity contribution < 1.29 is 24.2 Å². The molecule has 3 aromatic rings. The van der Waals surface area contributed by atoms with Crippen LogP contribution >= 0.6 is 11.6 Å². The van der Waals surface area contributed by atoms with E-state index in [1.54, 1.807) is 24.3 Å². The minimum absolute atomic E-state index is 0.0331. The molecule has 0 radical (unpaired) electrons. The molecule has 0 aliphatic carbocycles. The van der Waals surface area contributed by atoms with Crippen LogP contribution in [-0.2, 0) is 11.3 Å². The van der Waals surface area contributed by atoms with E-state index in [0.29, 0.717) is 21.7 Å². The summed E-state index contributed by atoms with van der Waals surface area (Å²) in [5.74, 6) is -2.89. The van der Waals surface area contributed by atoms with Gasteiger partial charge in [-0.15, -0.1) is 10.2 Å². The molecule has 0 fully saturated rings. The highest BCUT2D eigenvalue weighted by molar-refractivity contribution is 6.30. The number of aliphatic carboxylic acids is 1. The minimum atomic E-state index is -2.14. The van der Waals surface area contributed by atoms with Crippen LogP contribution in [0.3, 0.4) is 0 Å². The highest BCUT2D eigenvalue weighted by atomic mass is 35.5. The summed E-state index contributed by atoms with van der Waals surface area (Å²) in [4.78, 5) is 23.6. The van der Waals surface area contributed by atoms with Crippen molar-refractivity contribution in [1.29, 1.82) is 0 Å². The van der Waals surface area contributed by atoms with Gasteiger partial charge in [-0.25, -0.2) is 14.2 Å². The van der Waals surface area contributed by atoms with Gasteiger partial charge in [-0.3, -0.25) is 10.2 Å². The van der Waals surface area contributed by atoms with Gasteiger partial charge in [0.15, 0.2) is 5.60 Å². The van der Waals surface area contributed by atoms with Crippen LogP contribution in [-0.4, -0.2) is 59.9 Å². The second-order valence-electron chi connectivity index (χ2n) is 6.93. The van der Waals surface area contributed by atoms with Crippen LogP contribution in [0.2, 0.25) is 5.02 Å². The van der Waals surface area contributed by atoms with Crippen molar-refractivity contribution in [1.82, 2.24) is 31.1 Å². The van der Waals surface area contributed by atoms with E-state index in [-0.39, 0.29) is 12.4 Å². The molecule has 0 bridgehead atoms. The number of aromatic amines is 1. The maximum Gasteiger partial charge on any atom is 0.336 e. The van der Waals surface area contributed by atoms with Crippen molar-refractivity contribution in [2.24, 2.45) is 0 Å². The van der Waals surface area contributed by atoms with E-state index < -0.39 is 29.8 Å². The predicted octanol–water partition coefficient (Wildman–Crippen LogP) is 1.64. The summed E-state index contributed by atoms with van der Waals surface area (Å²) < 4.78 is 14.1. The molecule has 4 N–H and O–H groups in total. The molecule has 2 aromatic carbocycles. The summed E-state index contributed by atoms with van der Waals surface area (Å²) in [6, 6.07) is 10.9. The first-order valence-electron chi connectivity index (χ1n) is 8.95. The fourth-order valence-corrected chi connectivity index (χ4v) is 2.93. The lowest BCUT2D eigenvalue weighted by Gasteiger charge is -2.28. The number of amides is 1. The van der Waals surface area contributed by atoms with Crippen LogP contribution in [0.1, 0.15) is 23.1 Å². The number of hydrogen-bond acceptors (Lipinski definition) is 7. The lowest BCUT2D eigenvalue weighted by Crippen LogP contribution is -2.52. The highest BCUT2D eigenvalue weighted by Gasteiger charge is 2.33. The third-order valence-corrected chi connectivity index (χ3v) is 4.57. The Kier molecular flexibility index (Phi) is 6.59. The van der Waals surface area contributed by atoms with Gasteiger partial charge in [-0.2, -0.15) is 5.21 Å². The topological polar surface area (TPSA) is 144 Å². The van der Waals surface area contributed by atoms with Crippen molar-refractivity contribution in [3.63, 3.8) is 0 Å². The number of nitrogens with zero attached hydrogens (tertiary/aromatic N) is 4. The molecule has 1 aromatic heterocycles. The predicted molar refractivity (Wildman–Crippen MR) is 107 cm³/mol. The number of H-pyrrole nitrogens is 1. The SMILES string of the molecule is CC(O)(CN(Cc1ccc(-c2cc(Cl)ccc2F)cc1)NC(=O)c1nn[nH]n1)C(=O)O. The number of hydrazine groups is 1. The molecule has 1 atom stereocenters. The van der Waals surface area contributed by atoms with Gasteiger partial charge in [0.2, 0.25) is 0 Å². The van der Waals surface area contributed by atoms with Gasteiger partial charge >= 0.3 is 11.9 Å². The van der Waals surface area contributed by atoms with Crippen molar-refractivity contribution >= 4 is 23.5 Å². The third kappa shape index (κ3) is 5.60. The van der Waals surface area contributed by atoms with Crippen molar-refractivity contribution in [3.8, 4) is 11.1 Å². The molecule has 1 heterocycles. The number of carbonyl (C=O) groups is 2. The Morgan fingerprint density at radius 2 is 1.97 bits per heavy atom. The molecule has 10 nitrogen and oxygen atoms in total. The average molecular weight is 449 g/mol. The van der Waals surface area contributed by atoms with Crippen LogP contribution in [0.15, 0.2) is 42.5 Å². The number of rotatable bonds is 8. The summed E-state index contributed by atoms with van der Waals surface area (Å²) in [5, 5.41) is 33.5. The summed E-state index contributed by atoms with van der Waals surface area (Å²) in [6.07, 6.45) is 0. The maximum atomic E-state index is 14.1. The second-order valence-corrected chi connectivity index (χ2v) is 7.37. The lowest BCUT2D eigenvalue weighted by molar-refractivity contribution is -0.159. The van der Waals surface area contributed by atoms with Crippen molar-refractivity contribution in [3.05, 3.63) is 64.7 Å². The third-order valence-electron chi connectivity index (χ3n) is 4.33. The molecular formula is C19H18ClFN6O4. The van der Waals surface area contributed by atoms with Crippen molar-refractivity contribution in [2.75, 3.05) is 6.54 Å². The number of nitrogens with one attached hydrogen (secondary N) is 2. The lowest BCUT2D eigenvalue weighted by atomic mass is 10.0. The summed E-state index contributed by atoms with van der Waals surface area (Å²) in [7, 11) is 0. The van der Waals surface area contributed by atoms with Gasteiger partial charge in [0.05, 0.1) is 6.54 Å². The quantitative estimate of drug-likeness (QED) is 0.381. The summed E-state index contributed by atoms with van der Waals surface area (Å²) in [5.41, 5.74) is 1.87. The number of carbonyl (C=O) groups excluding carboxylic acids is 1. The molecule has 3 rings (SSSR count). The van der Waals surface area contributed by atoms with Crippen molar-refractivity contribution in [2.45, 2.75) is 19.1 Å². The number of carboxylic acids is 1. The smallest absolute Gasteiger partial charge is 0.336 e. The van der Waals surface area contributed by atoms with Gasteiger partial charge < -0.3 is 10.2 Å². The maximum absolute atomic E-state index is 14.1. The molecule has 0 saturated carbocycles. The van der Waals surface area contributed by atoms with Crippen LogP contribution in [0.25, 0.3) is 11.1 Å². The number of carboxylic acid groups (broad SMARTS) is 1. The zero-order valence-electron chi connectivity index (χ0n) is 16.2. The number of halogens is 2. The number of aromatic nitrogens is 4. The van der Waals surface area contributed by atoms with Crippen LogP contribution < -0.4 is 5.43 Å². The molecule has 1 amide bonds. The zero-order chi connectivity index (χ0) is 22.6. The Bertz CT molecular complexity index is 1080. The molecule has 1 unspecified atom stereocenters. The van der Waals surface area contributed by atoms with Gasteiger partial charge in [0.25, 0.3) is 5.82 Å². The van der Waals surface area contributed by atoms with Gasteiger partial charge in [-0.1, -0.05) is 35.9 Å². The van der Waals surface area contributed by atoms with Gasteiger partial charge in [-0.05, 0) is 41.5 Å². The van der Waals surface area contributed by atoms with E-state index >= 15 is 0 Å². The number of tetrazole rings is 1. The molecular weight excluding hydrogens is 431 g/mol. The largest absolute Gasteiger partial charge is 0.479 e. The molecule has 162 valence electrons. The molecule has 0 aliphatic rings. The Morgan fingerprint density at radius 1 is 1.26 bits per heavy atom. The summed E-state index contributed by atoms with van der Waals surface area (Å²) >= 11 is 5.94. The van der Waals surface area contributed by atoms with Gasteiger partial charge in [0, 0.05) is 17.1 Å². The first-order valence-corrected chi connectivity index (χ1v) is 9.33. The molecule has 0 saturated heterocycles. The Balaban J connectivity index is 1.80. The monoisotopic (exact) mass is 448 g/mol. The van der Waals surface area contributed by atoms with Gasteiger partial charge in [0.1, 0.15) is 5.82 Å². The standard InChI is InChI=1S/C19H18ClFN6O4/c1-19(31,18(29)30)10-27(24-17(28)16-22-25-26-23-16)9-11-2-4-12(5-3-11)14-8-13(20)6-7-15(14)21/h2-8,31H,9-10H2,1H3,(H,24,28)(H,29,30)(H,22,23,25,26). The van der Waals surface area contributed by atoms with Crippen LogP contribution in [0.5, 0.6) is 0 Å². The number of benzene rings is 2. The Labute approximate surface area is 180 Å². The minimum Gasteiger partial charge on any atom is -0.479 e. The molecule has 0 aliphatic heterocycles. The molecule has 31 heavy (non-hydrogen) atoms. The average Bonchev–Trinajstić information content (AvgIpc) is 3.25. The van der Waals surface area contributed by atoms with E-state index in [1.165, 1.54) is 23.2 Å². The van der Waals surface area contributed by atoms with E-state index in [9.17, 15) is 24.2 Å². The first-order chi connectivity index (χ1) is 14.7. The highest BCUT2D eigenvalue weighted by Crippen LogP contribution is 2.26. The number of hydrogen-bond donors (Lipinski definition) is 4.